The summed E-state index contributed by atoms with van der Waals surface area (Å²) >= 11 is 1.52. The minimum absolute atomic E-state index is 0.0677. The number of benzene rings is 2. The summed E-state index contributed by atoms with van der Waals surface area (Å²) < 4.78 is 1.86. The minimum Gasteiger partial charge on any atom is -0.326 e. The molecule has 0 atom stereocenters. The Morgan fingerprint density at radius 2 is 1.93 bits per heavy atom. The normalized spacial score (nSPS) is 10.9. The Morgan fingerprint density at radius 3 is 2.70 bits per heavy atom. The van der Waals surface area contributed by atoms with E-state index in [1.54, 1.807) is 12.5 Å². The van der Waals surface area contributed by atoms with Crippen molar-refractivity contribution in [3.05, 3.63) is 72.7 Å². The number of aryl methyl sites for hydroxylation is 1. The third kappa shape index (κ3) is 3.98. The zero-order valence-corrected chi connectivity index (χ0v) is 15.5. The molecule has 1 amide bonds. The molecule has 4 aromatic rings. The largest absolute Gasteiger partial charge is 0.326 e. The molecule has 0 saturated carbocycles. The number of nitrogens with one attached hydrogen (secondary N) is 1. The first kappa shape index (κ1) is 17.2. The van der Waals surface area contributed by atoms with Gasteiger partial charge < -0.3 is 9.88 Å². The van der Waals surface area contributed by atoms with Crippen LogP contribution in [0.15, 0.2) is 77.2 Å². The fourth-order valence-electron chi connectivity index (χ4n) is 2.76. The van der Waals surface area contributed by atoms with Gasteiger partial charge in [0.25, 0.3) is 0 Å². The van der Waals surface area contributed by atoms with Gasteiger partial charge in [0.05, 0.1) is 11.9 Å². The van der Waals surface area contributed by atoms with Gasteiger partial charge in [-0.2, -0.15) is 0 Å². The number of nitrogens with zero attached hydrogens (tertiary/aromatic N) is 4. The first-order chi connectivity index (χ1) is 13.2. The van der Waals surface area contributed by atoms with Crippen molar-refractivity contribution in [2.75, 3.05) is 5.32 Å². The number of aromatic nitrogens is 4. The number of fused-ring (bicyclic) bond motifs is 1. The highest BCUT2D eigenvalue weighted by Gasteiger charge is 2.09. The SMILES string of the molecule is Cn1cnnc1Sc1ccc(NC(=O)Cc2cccc3cccnc23)cc1. The molecular weight excluding hydrogens is 358 g/mol. The molecule has 4 rings (SSSR count). The van der Waals surface area contributed by atoms with Crippen molar-refractivity contribution in [2.45, 2.75) is 16.5 Å². The fraction of sp³-hybridized carbons (Fsp3) is 0.100. The summed E-state index contributed by atoms with van der Waals surface area (Å²) in [5.41, 5.74) is 2.54. The van der Waals surface area contributed by atoms with Crippen molar-refractivity contribution in [3.63, 3.8) is 0 Å². The van der Waals surface area contributed by atoms with Crippen LogP contribution in [0.5, 0.6) is 0 Å². The van der Waals surface area contributed by atoms with E-state index < -0.39 is 0 Å². The molecule has 0 bridgehead atoms. The van der Waals surface area contributed by atoms with E-state index in [9.17, 15) is 4.79 Å². The number of hydrogen-bond acceptors (Lipinski definition) is 5. The molecule has 0 radical (unpaired) electrons. The maximum absolute atomic E-state index is 12.4. The van der Waals surface area contributed by atoms with Gasteiger partial charge in [0.2, 0.25) is 5.91 Å². The van der Waals surface area contributed by atoms with Crippen LogP contribution in [-0.4, -0.2) is 25.7 Å². The van der Waals surface area contributed by atoms with Crippen LogP contribution in [-0.2, 0) is 18.3 Å². The van der Waals surface area contributed by atoms with Crippen LogP contribution < -0.4 is 5.32 Å². The Kier molecular flexibility index (Phi) is 4.84. The van der Waals surface area contributed by atoms with Crippen LogP contribution >= 0.6 is 11.8 Å². The van der Waals surface area contributed by atoms with Crippen LogP contribution in [0, 0.1) is 0 Å². The molecule has 2 aromatic heterocycles. The standard InChI is InChI=1S/C20H17N5OS/c1-25-13-22-24-20(25)27-17-9-7-16(8-10-17)23-18(26)12-15-5-2-4-14-6-3-11-21-19(14)15/h2-11,13H,12H2,1H3,(H,23,26). The predicted octanol–water partition coefficient (Wildman–Crippen LogP) is 3.70. The lowest BCUT2D eigenvalue weighted by molar-refractivity contribution is -0.115. The number of carbonyl (C=O) groups is 1. The minimum atomic E-state index is -0.0677. The molecule has 1 N–H and O–H groups in total. The van der Waals surface area contributed by atoms with Gasteiger partial charge in [-0.3, -0.25) is 9.78 Å². The summed E-state index contributed by atoms with van der Waals surface area (Å²) in [7, 11) is 1.90. The summed E-state index contributed by atoms with van der Waals surface area (Å²) in [6.45, 7) is 0. The Labute approximate surface area is 160 Å². The highest BCUT2D eigenvalue weighted by molar-refractivity contribution is 7.99. The molecule has 0 saturated heterocycles. The molecule has 27 heavy (non-hydrogen) atoms. The zero-order chi connectivity index (χ0) is 18.6. The average molecular weight is 375 g/mol. The molecule has 0 fully saturated rings. The average Bonchev–Trinajstić information content (AvgIpc) is 3.08. The van der Waals surface area contributed by atoms with Gasteiger partial charge in [0.15, 0.2) is 5.16 Å². The fourth-order valence-corrected chi connectivity index (χ4v) is 3.53. The van der Waals surface area contributed by atoms with E-state index in [4.69, 9.17) is 0 Å². The third-order valence-corrected chi connectivity index (χ3v) is 5.14. The number of amides is 1. The maximum Gasteiger partial charge on any atom is 0.228 e. The third-order valence-electron chi connectivity index (χ3n) is 4.08. The van der Waals surface area contributed by atoms with E-state index in [1.807, 2.05) is 66.2 Å². The molecular formula is C20H17N5OS. The number of pyridine rings is 1. The van der Waals surface area contributed by atoms with Gasteiger partial charge >= 0.3 is 0 Å². The van der Waals surface area contributed by atoms with Crippen LogP contribution in [0.4, 0.5) is 5.69 Å². The summed E-state index contributed by atoms with van der Waals surface area (Å²) in [5, 5.41) is 12.7. The van der Waals surface area contributed by atoms with Gasteiger partial charge in [-0.05, 0) is 47.7 Å². The van der Waals surface area contributed by atoms with E-state index in [-0.39, 0.29) is 12.3 Å². The lowest BCUT2D eigenvalue weighted by Crippen LogP contribution is -2.14. The highest BCUT2D eigenvalue weighted by Crippen LogP contribution is 2.26. The lowest BCUT2D eigenvalue weighted by Gasteiger charge is -2.08. The van der Waals surface area contributed by atoms with Crippen molar-refractivity contribution in [1.29, 1.82) is 0 Å². The lowest BCUT2D eigenvalue weighted by atomic mass is 10.1. The number of hydrogen-bond donors (Lipinski definition) is 1. The maximum atomic E-state index is 12.4. The topological polar surface area (TPSA) is 72.7 Å². The first-order valence-corrected chi connectivity index (χ1v) is 9.25. The van der Waals surface area contributed by atoms with Gasteiger partial charge in [-0.25, -0.2) is 0 Å². The molecule has 2 heterocycles. The number of carbonyl (C=O) groups excluding carboxylic acids is 1. The van der Waals surface area contributed by atoms with Gasteiger partial charge in [0, 0.05) is 29.2 Å². The van der Waals surface area contributed by atoms with E-state index in [2.05, 4.69) is 20.5 Å². The van der Waals surface area contributed by atoms with Crippen molar-refractivity contribution < 1.29 is 4.79 Å². The van der Waals surface area contributed by atoms with E-state index in [0.29, 0.717) is 0 Å². The molecule has 0 aliphatic heterocycles. The zero-order valence-electron chi connectivity index (χ0n) is 14.7. The summed E-state index contributed by atoms with van der Waals surface area (Å²) in [5.74, 6) is -0.0677. The summed E-state index contributed by atoms with van der Waals surface area (Å²) in [6, 6.07) is 17.5. The van der Waals surface area contributed by atoms with Crippen LogP contribution in [0.25, 0.3) is 10.9 Å². The van der Waals surface area contributed by atoms with E-state index in [0.717, 1.165) is 32.2 Å². The van der Waals surface area contributed by atoms with Crippen LogP contribution in [0.3, 0.4) is 0 Å². The number of anilines is 1. The van der Waals surface area contributed by atoms with Gasteiger partial charge in [-0.1, -0.05) is 24.3 Å². The molecule has 0 aliphatic rings. The van der Waals surface area contributed by atoms with Crippen molar-refractivity contribution in [1.82, 2.24) is 19.7 Å². The second-order valence-corrected chi connectivity index (χ2v) is 7.11. The monoisotopic (exact) mass is 375 g/mol. The predicted molar refractivity (Wildman–Crippen MR) is 106 cm³/mol. The van der Waals surface area contributed by atoms with Crippen molar-refractivity contribution in [2.24, 2.45) is 7.05 Å². The highest BCUT2D eigenvalue weighted by atomic mass is 32.2. The molecule has 0 unspecified atom stereocenters. The molecule has 2 aromatic carbocycles. The molecule has 6 nitrogen and oxygen atoms in total. The molecule has 134 valence electrons. The molecule has 7 heteroatoms. The quantitative estimate of drug-likeness (QED) is 0.576. The second-order valence-electron chi connectivity index (χ2n) is 6.07. The van der Waals surface area contributed by atoms with E-state index >= 15 is 0 Å². The first-order valence-electron chi connectivity index (χ1n) is 8.43. The van der Waals surface area contributed by atoms with Gasteiger partial charge in [-0.15, -0.1) is 10.2 Å². The Hall–Kier alpha value is -3.19. The smallest absolute Gasteiger partial charge is 0.228 e. The number of rotatable bonds is 5. The Balaban J connectivity index is 1.43. The van der Waals surface area contributed by atoms with Crippen LogP contribution in [0.2, 0.25) is 0 Å². The van der Waals surface area contributed by atoms with Crippen molar-refractivity contribution in [3.8, 4) is 0 Å². The van der Waals surface area contributed by atoms with Crippen LogP contribution in [0.1, 0.15) is 5.56 Å². The molecule has 0 aliphatic carbocycles. The molecule has 0 spiro atoms. The Morgan fingerprint density at radius 1 is 1.11 bits per heavy atom. The van der Waals surface area contributed by atoms with Crippen molar-refractivity contribution >= 4 is 34.3 Å². The van der Waals surface area contributed by atoms with Gasteiger partial charge in [0.1, 0.15) is 6.33 Å². The van der Waals surface area contributed by atoms with E-state index in [1.165, 1.54) is 11.8 Å². The number of para-hydroxylation sites is 1. The summed E-state index contributed by atoms with van der Waals surface area (Å²) in [4.78, 5) is 17.9. The summed E-state index contributed by atoms with van der Waals surface area (Å²) in [6.07, 6.45) is 3.69. The Bertz CT molecular complexity index is 1090. The second kappa shape index (κ2) is 7.59.